The van der Waals surface area contributed by atoms with Gasteiger partial charge in [0.05, 0.1) is 6.61 Å². The van der Waals surface area contributed by atoms with Crippen molar-refractivity contribution in [2.45, 2.75) is 64.3 Å². The van der Waals surface area contributed by atoms with Crippen molar-refractivity contribution in [3.63, 3.8) is 0 Å². The fourth-order valence-corrected chi connectivity index (χ4v) is 3.26. The maximum Gasteiger partial charge on any atom is 0.0593 e. The number of rotatable bonds is 7. The van der Waals surface area contributed by atoms with Gasteiger partial charge in [-0.25, -0.2) is 0 Å². The van der Waals surface area contributed by atoms with Gasteiger partial charge in [-0.15, -0.1) is 0 Å². The van der Waals surface area contributed by atoms with Crippen LogP contribution in [0.1, 0.15) is 58.8 Å². The number of hydrogen-bond donors (Lipinski definition) is 1. The van der Waals surface area contributed by atoms with E-state index in [-0.39, 0.29) is 5.54 Å². The molecule has 108 valence electrons. The molecule has 0 aromatic carbocycles. The van der Waals surface area contributed by atoms with E-state index < -0.39 is 0 Å². The van der Waals surface area contributed by atoms with Gasteiger partial charge in [-0.3, -0.25) is 4.90 Å². The number of nitrogens with zero attached hydrogens (tertiary/aromatic N) is 1. The lowest BCUT2D eigenvalue weighted by atomic mass is 9.82. The second-order valence-electron chi connectivity index (χ2n) is 5.47. The largest absolute Gasteiger partial charge is 0.380 e. The predicted molar refractivity (Wildman–Crippen MR) is 77.8 cm³/mol. The van der Waals surface area contributed by atoms with Crippen molar-refractivity contribution in [1.82, 2.24) is 4.90 Å². The molecule has 0 aliphatic heterocycles. The Morgan fingerprint density at radius 1 is 1.06 bits per heavy atom. The molecule has 0 unspecified atom stereocenters. The molecule has 1 aliphatic carbocycles. The summed E-state index contributed by atoms with van der Waals surface area (Å²) in [6.45, 7) is 8.88. The van der Waals surface area contributed by atoms with Crippen molar-refractivity contribution in [2.75, 3.05) is 32.8 Å². The van der Waals surface area contributed by atoms with Gasteiger partial charge in [-0.05, 0) is 26.3 Å². The predicted octanol–water partition coefficient (Wildman–Crippen LogP) is 2.79. The summed E-state index contributed by atoms with van der Waals surface area (Å²) in [5.41, 5.74) is 6.40. The van der Waals surface area contributed by atoms with Gasteiger partial charge in [-0.2, -0.15) is 0 Å². The van der Waals surface area contributed by atoms with Crippen molar-refractivity contribution in [3.8, 4) is 0 Å². The van der Waals surface area contributed by atoms with Crippen molar-refractivity contribution >= 4 is 0 Å². The van der Waals surface area contributed by atoms with E-state index in [2.05, 4.69) is 18.7 Å². The van der Waals surface area contributed by atoms with Gasteiger partial charge < -0.3 is 10.5 Å². The molecule has 1 fully saturated rings. The summed E-state index contributed by atoms with van der Waals surface area (Å²) in [5, 5.41) is 0. The van der Waals surface area contributed by atoms with Crippen LogP contribution in [-0.2, 0) is 4.74 Å². The molecule has 0 radical (unpaired) electrons. The van der Waals surface area contributed by atoms with Gasteiger partial charge in [0.15, 0.2) is 0 Å². The summed E-state index contributed by atoms with van der Waals surface area (Å²) in [6.07, 6.45) is 9.37. The summed E-state index contributed by atoms with van der Waals surface area (Å²) in [5.74, 6) is 0. The standard InChI is InChI=1S/C15H32N2O/c1-3-17(12-13-18-4-2)15(14-16)10-8-6-5-7-9-11-15/h3-14,16H2,1-2H3. The minimum atomic E-state index is 0.242. The van der Waals surface area contributed by atoms with E-state index in [0.717, 1.165) is 32.8 Å². The molecule has 3 nitrogen and oxygen atoms in total. The summed E-state index contributed by atoms with van der Waals surface area (Å²) in [6, 6.07) is 0. The van der Waals surface area contributed by atoms with Gasteiger partial charge in [0.2, 0.25) is 0 Å². The van der Waals surface area contributed by atoms with Crippen LogP contribution in [0.2, 0.25) is 0 Å². The highest BCUT2D eigenvalue weighted by Gasteiger charge is 2.34. The molecule has 1 aliphatic rings. The molecular formula is C15H32N2O. The van der Waals surface area contributed by atoms with E-state index in [4.69, 9.17) is 10.5 Å². The minimum Gasteiger partial charge on any atom is -0.380 e. The molecule has 1 saturated carbocycles. The Hall–Kier alpha value is -0.120. The van der Waals surface area contributed by atoms with Gasteiger partial charge in [0.25, 0.3) is 0 Å². The SMILES string of the molecule is CCOCCN(CC)C1(CN)CCCCCCC1. The number of hydrogen-bond acceptors (Lipinski definition) is 3. The molecule has 2 N–H and O–H groups in total. The Bertz CT molecular complexity index is 201. The van der Waals surface area contributed by atoms with Crippen LogP contribution in [-0.4, -0.2) is 43.3 Å². The monoisotopic (exact) mass is 256 g/mol. The van der Waals surface area contributed by atoms with Crippen LogP contribution in [0.3, 0.4) is 0 Å². The maximum atomic E-state index is 6.16. The normalized spacial score (nSPS) is 20.7. The average Bonchev–Trinajstić information content (AvgIpc) is 2.36. The Morgan fingerprint density at radius 3 is 2.17 bits per heavy atom. The van der Waals surface area contributed by atoms with Gasteiger partial charge >= 0.3 is 0 Å². The Balaban J connectivity index is 2.60. The van der Waals surface area contributed by atoms with E-state index >= 15 is 0 Å². The van der Waals surface area contributed by atoms with E-state index in [9.17, 15) is 0 Å². The second kappa shape index (κ2) is 8.89. The molecule has 0 atom stereocenters. The molecular weight excluding hydrogens is 224 g/mol. The third-order valence-corrected chi connectivity index (χ3v) is 4.43. The molecule has 0 bridgehead atoms. The molecule has 0 aromatic heterocycles. The topological polar surface area (TPSA) is 38.5 Å². The van der Waals surface area contributed by atoms with Crippen molar-refractivity contribution in [2.24, 2.45) is 5.73 Å². The summed E-state index contributed by atoms with van der Waals surface area (Å²) >= 11 is 0. The quantitative estimate of drug-likeness (QED) is 0.712. The molecule has 0 saturated heterocycles. The minimum absolute atomic E-state index is 0.242. The Labute approximate surface area is 113 Å². The van der Waals surface area contributed by atoms with Crippen LogP contribution >= 0.6 is 0 Å². The molecule has 0 aromatic rings. The highest BCUT2D eigenvalue weighted by atomic mass is 16.5. The highest BCUT2D eigenvalue weighted by molar-refractivity contribution is 4.92. The van der Waals surface area contributed by atoms with E-state index in [1.54, 1.807) is 0 Å². The fraction of sp³-hybridized carbons (Fsp3) is 1.00. The van der Waals surface area contributed by atoms with E-state index in [1.807, 2.05) is 0 Å². The lowest BCUT2D eigenvalue weighted by molar-refractivity contribution is 0.0359. The first-order valence-electron chi connectivity index (χ1n) is 7.82. The molecule has 1 rings (SSSR count). The molecule has 3 heteroatoms. The summed E-state index contributed by atoms with van der Waals surface area (Å²) < 4.78 is 5.52. The zero-order valence-electron chi connectivity index (χ0n) is 12.4. The van der Waals surface area contributed by atoms with Crippen molar-refractivity contribution in [3.05, 3.63) is 0 Å². The number of ether oxygens (including phenoxy) is 1. The first-order chi connectivity index (χ1) is 8.79. The van der Waals surface area contributed by atoms with E-state index in [1.165, 1.54) is 44.9 Å². The summed E-state index contributed by atoms with van der Waals surface area (Å²) in [4.78, 5) is 2.58. The second-order valence-corrected chi connectivity index (χ2v) is 5.47. The Kier molecular flexibility index (Phi) is 7.87. The zero-order valence-corrected chi connectivity index (χ0v) is 12.4. The first-order valence-corrected chi connectivity index (χ1v) is 7.82. The molecule has 0 spiro atoms. The maximum absolute atomic E-state index is 6.16. The van der Waals surface area contributed by atoms with Crippen LogP contribution in [0.15, 0.2) is 0 Å². The van der Waals surface area contributed by atoms with Crippen molar-refractivity contribution in [1.29, 1.82) is 0 Å². The number of nitrogens with two attached hydrogens (primary N) is 1. The third-order valence-electron chi connectivity index (χ3n) is 4.43. The van der Waals surface area contributed by atoms with E-state index in [0.29, 0.717) is 0 Å². The van der Waals surface area contributed by atoms with Crippen LogP contribution in [0.4, 0.5) is 0 Å². The Morgan fingerprint density at radius 2 is 1.67 bits per heavy atom. The van der Waals surface area contributed by atoms with Gasteiger partial charge in [0.1, 0.15) is 0 Å². The fourth-order valence-electron chi connectivity index (χ4n) is 3.26. The van der Waals surface area contributed by atoms with Crippen LogP contribution in [0.5, 0.6) is 0 Å². The molecule has 0 amide bonds. The first kappa shape index (κ1) is 15.9. The average molecular weight is 256 g/mol. The zero-order chi connectivity index (χ0) is 13.3. The smallest absolute Gasteiger partial charge is 0.0593 e. The molecule has 18 heavy (non-hydrogen) atoms. The summed E-state index contributed by atoms with van der Waals surface area (Å²) in [7, 11) is 0. The van der Waals surface area contributed by atoms with Crippen molar-refractivity contribution < 1.29 is 4.74 Å². The number of likely N-dealkylation sites (N-methyl/N-ethyl adjacent to an activating group) is 1. The van der Waals surface area contributed by atoms with Gasteiger partial charge in [0, 0.05) is 25.2 Å². The van der Waals surface area contributed by atoms with Gasteiger partial charge in [-0.1, -0.05) is 39.0 Å². The lowest BCUT2D eigenvalue weighted by Crippen LogP contribution is -2.55. The van der Waals surface area contributed by atoms with Crippen LogP contribution in [0.25, 0.3) is 0 Å². The van der Waals surface area contributed by atoms with Crippen LogP contribution < -0.4 is 5.73 Å². The lowest BCUT2D eigenvalue weighted by Gasteiger charge is -2.44. The third kappa shape index (κ3) is 4.52. The molecule has 0 heterocycles. The van der Waals surface area contributed by atoms with Crippen LogP contribution in [0, 0.1) is 0 Å². The highest BCUT2D eigenvalue weighted by Crippen LogP contribution is 2.30.